The van der Waals surface area contributed by atoms with Gasteiger partial charge in [0.05, 0.1) is 5.69 Å². The number of carbonyl (C=O) groups is 4. The molecular formula is C37H56N8O7. The van der Waals surface area contributed by atoms with Gasteiger partial charge in [0.25, 0.3) is 0 Å². The van der Waals surface area contributed by atoms with Crippen LogP contribution in [0.1, 0.15) is 80.7 Å². The summed E-state index contributed by atoms with van der Waals surface area (Å²) in [5.41, 5.74) is -1.15. The van der Waals surface area contributed by atoms with Gasteiger partial charge in [-0.3, -0.25) is 14.7 Å². The van der Waals surface area contributed by atoms with Gasteiger partial charge in [-0.05, 0) is 118 Å². The first-order chi connectivity index (χ1) is 24.2. The molecule has 1 aliphatic heterocycles. The van der Waals surface area contributed by atoms with Crippen LogP contribution in [0.2, 0.25) is 0 Å². The number of hydrogen-bond donors (Lipinski definition) is 4. The maximum Gasteiger partial charge on any atom is 0.408 e. The van der Waals surface area contributed by atoms with Crippen LogP contribution >= 0.6 is 0 Å². The molecule has 15 nitrogen and oxygen atoms in total. The van der Waals surface area contributed by atoms with E-state index < -0.39 is 34.6 Å². The minimum Gasteiger partial charge on any atom is -0.444 e. The first-order valence-corrected chi connectivity index (χ1v) is 18.0. The summed E-state index contributed by atoms with van der Waals surface area (Å²) >= 11 is 0. The molecule has 1 aromatic carbocycles. The van der Waals surface area contributed by atoms with Crippen LogP contribution in [0.25, 0.3) is 5.69 Å². The van der Waals surface area contributed by atoms with Gasteiger partial charge in [0, 0.05) is 44.5 Å². The second-order valence-electron chi connectivity index (χ2n) is 16.3. The summed E-state index contributed by atoms with van der Waals surface area (Å²) in [6.45, 7) is 18.1. The lowest BCUT2D eigenvalue weighted by Crippen LogP contribution is -2.60. The van der Waals surface area contributed by atoms with E-state index in [0.717, 1.165) is 31.4 Å². The predicted octanol–water partition coefficient (Wildman–Crippen LogP) is 4.04. The molecule has 0 spiro atoms. The zero-order valence-electron chi connectivity index (χ0n) is 32.0. The maximum absolute atomic E-state index is 13.1. The maximum atomic E-state index is 13.1. The van der Waals surface area contributed by atoms with Gasteiger partial charge in [0.2, 0.25) is 5.91 Å². The van der Waals surface area contributed by atoms with Crippen LogP contribution < -0.4 is 27.0 Å². The Hall–Kier alpha value is -4.66. The summed E-state index contributed by atoms with van der Waals surface area (Å²) in [7, 11) is 0. The topological polar surface area (TPSA) is 176 Å². The van der Waals surface area contributed by atoms with E-state index in [1.165, 1.54) is 4.57 Å². The number of nitrogens with one attached hydrogen (secondary N) is 4. The molecule has 15 heteroatoms. The van der Waals surface area contributed by atoms with Crippen LogP contribution in [0.15, 0.2) is 41.3 Å². The Balaban J connectivity index is 1.19. The molecule has 1 atom stereocenters. The Labute approximate surface area is 306 Å². The second kappa shape index (κ2) is 16.3. The molecule has 2 aromatic rings. The van der Waals surface area contributed by atoms with E-state index >= 15 is 0 Å². The molecular weight excluding hydrogens is 668 g/mol. The highest BCUT2D eigenvalue weighted by molar-refractivity contribution is 5.90. The van der Waals surface area contributed by atoms with Crippen LogP contribution in [0.3, 0.4) is 0 Å². The molecule has 52 heavy (non-hydrogen) atoms. The monoisotopic (exact) mass is 724 g/mol. The summed E-state index contributed by atoms with van der Waals surface area (Å²) in [5.74, 6) is 0.353. The fourth-order valence-corrected chi connectivity index (χ4v) is 6.06. The number of benzene rings is 1. The SMILES string of the molecule is CC(Cc1ccc(-n2ccc(NC(=O)N3CCN(C(=O)C(C)(C)NC(=O)OC(C)(C)C)CC3)nc2=O)cc1)NC[C@H]1C[C@H](NC(=O)OC(C)(C)C)C1. The van der Waals surface area contributed by atoms with Gasteiger partial charge >= 0.3 is 23.9 Å². The molecule has 4 rings (SSSR count). The summed E-state index contributed by atoms with van der Waals surface area (Å²) in [5, 5.41) is 11.8. The molecule has 2 aliphatic rings. The third-order valence-electron chi connectivity index (χ3n) is 8.71. The van der Waals surface area contributed by atoms with E-state index in [4.69, 9.17) is 9.47 Å². The largest absolute Gasteiger partial charge is 0.444 e. The first-order valence-electron chi connectivity index (χ1n) is 18.0. The predicted molar refractivity (Wildman–Crippen MR) is 198 cm³/mol. The molecule has 2 heterocycles. The Morgan fingerprint density at radius 2 is 1.42 bits per heavy atom. The average molecular weight is 725 g/mol. The number of amides is 5. The minimum atomic E-state index is -1.19. The van der Waals surface area contributed by atoms with Crippen molar-refractivity contribution < 1.29 is 28.7 Å². The van der Waals surface area contributed by atoms with Gasteiger partial charge in [-0.15, -0.1) is 0 Å². The first kappa shape index (κ1) is 40.1. The summed E-state index contributed by atoms with van der Waals surface area (Å²) < 4.78 is 12.0. The van der Waals surface area contributed by atoms with Crippen molar-refractivity contribution in [1.29, 1.82) is 0 Å². The van der Waals surface area contributed by atoms with E-state index in [2.05, 4.69) is 33.2 Å². The van der Waals surface area contributed by atoms with Crippen LogP contribution in [-0.2, 0) is 20.7 Å². The highest BCUT2D eigenvalue weighted by Crippen LogP contribution is 2.27. The minimum absolute atomic E-state index is 0.127. The van der Waals surface area contributed by atoms with E-state index in [9.17, 15) is 24.0 Å². The average Bonchev–Trinajstić information content (AvgIpc) is 3.00. The van der Waals surface area contributed by atoms with Gasteiger partial charge in [-0.25, -0.2) is 19.2 Å². The Bertz CT molecular complexity index is 1630. The van der Waals surface area contributed by atoms with Crippen molar-refractivity contribution in [3.8, 4) is 5.69 Å². The molecule has 1 aromatic heterocycles. The molecule has 0 radical (unpaired) electrons. The van der Waals surface area contributed by atoms with Crippen molar-refractivity contribution in [2.75, 3.05) is 38.0 Å². The third-order valence-corrected chi connectivity index (χ3v) is 8.71. The second-order valence-corrected chi connectivity index (χ2v) is 16.3. The van der Waals surface area contributed by atoms with Crippen molar-refractivity contribution in [2.45, 2.75) is 110 Å². The van der Waals surface area contributed by atoms with Crippen molar-refractivity contribution >= 4 is 29.9 Å². The molecule has 5 amide bonds. The lowest BCUT2D eigenvalue weighted by molar-refractivity contribution is -0.138. The van der Waals surface area contributed by atoms with Crippen molar-refractivity contribution in [1.82, 2.24) is 35.3 Å². The lowest BCUT2D eigenvalue weighted by atomic mass is 9.80. The lowest BCUT2D eigenvalue weighted by Gasteiger charge is -2.38. The van der Waals surface area contributed by atoms with Crippen LogP contribution in [0, 0.1) is 5.92 Å². The van der Waals surface area contributed by atoms with Crippen molar-refractivity contribution in [2.24, 2.45) is 5.92 Å². The quantitative estimate of drug-likeness (QED) is 0.282. The van der Waals surface area contributed by atoms with E-state index in [-0.39, 0.29) is 56.1 Å². The Kier molecular flexibility index (Phi) is 12.6. The molecule has 0 bridgehead atoms. The zero-order valence-corrected chi connectivity index (χ0v) is 32.0. The molecule has 1 unspecified atom stereocenters. The molecule has 1 saturated carbocycles. The highest BCUT2D eigenvalue weighted by Gasteiger charge is 2.37. The van der Waals surface area contributed by atoms with Gasteiger partial charge in [0.15, 0.2) is 0 Å². The van der Waals surface area contributed by atoms with Gasteiger partial charge in [-0.2, -0.15) is 4.98 Å². The third kappa shape index (κ3) is 12.0. The number of nitrogens with zero attached hydrogens (tertiary/aromatic N) is 4. The molecule has 2 fully saturated rings. The van der Waals surface area contributed by atoms with E-state index in [1.54, 1.807) is 56.7 Å². The van der Waals surface area contributed by atoms with Crippen molar-refractivity contribution in [3.63, 3.8) is 0 Å². The normalized spacial score (nSPS) is 18.5. The van der Waals surface area contributed by atoms with Crippen LogP contribution in [0.4, 0.5) is 20.2 Å². The summed E-state index contributed by atoms with van der Waals surface area (Å²) in [6, 6.07) is 9.25. The van der Waals surface area contributed by atoms with Crippen LogP contribution in [-0.4, -0.2) is 105 Å². The number of alkyl carbamates (subject to hydrolysis) is 2. The number of rotatable bonds is 10. The fourth-order valence-electron chi connectivity index (χ4n) is 6.06. The van der Waals surface area contributed by atoms with Crippen molar-refractivity contribution in [3.05, 3.63) is 52.6 Å². The zero-order chi connectivity index (χ0) is 38.4. The number of urea groups is 1. The summed E-state index contributed by atoms with van der Waals surface area (Å²) in [6.07, 6.45) is 3.19. The summed E-state index contributed by atoms with van der Waals surface area (Å²) in [4.78, 5) is 70.4. The number of anilines is 1. The van der Waals surface area contributed by atoms with Crippen LogP contribution in [0.5, 0.6) is 0 Å². The Morgan fingerprint density at radius 3 is 2.00 bits per heavy atom. The van der Waals surface area contributed by atoms with E-state index in [0.29, 0.717) is 11.6 Å². The number of carbonyl (C=O) groups excluding carboxylic acids is 4. The highest BCUT2D eigenvalue weighted by atomic mass is 16.6. The number of piperazine rings is 1. The standard InChI is InChI=1S/C37H56N8O7/c1-24(38-23-26-21-27(22-26)39-33(49)51-35(2,3)4)20-25-10-12-28(13-11-25)45-15-14-29(41-32(45)48)40-31(47)44-18-16-43(17-19-44)30(46)37(8,9)42-34(50)52-36(5,6)7/h10-15,24,26-27,38H,16-23H2,1-9H3,(H,39,49)(H,42,50)(H,40,41,47,48)/t24?,26-,27-. The molecule has 286 valence electrons. The molecule has 4 N–H and O–H groups in total. The smallest absolute Gasteiger partial charge is 0.408 e. The number of ether oxygens (including phenoxy) is 2. The number of aromatic nitrogens is 2. The fraction of sp³-hybridized carbons (Fsp3) is 0.622. The van der Waals surface area contributed by atoms with E-state index in [1.807, 2.05) is 45.0 Å². The Morgan fingerprint density at radius 1 is 0.846 bits per heavy atom. The van der Waals surface area contributed by atoms with Gasteiger partial charge < -0.3 is 35.2 Å². The van der Waals surface area contributed by atoms with Gasteiger partial charge in [0.1, 0.15) is 22.6 Å². The molecule has 1 saturated heterocycles. The molecule has 1 aliphatic carbocycles. The van der Waals surface area contributed by atoms with Gasteiger partial charge in [-0.1, -0.05) is 12.1 Å². The number of hydrogen-bond acceptors (Lipinski definition) is 9.